The van der Waals surface area contributed by atoms with Crippen LogP contribution in [0.1, 0.15) is 28.9 Å². The summed E-state index contributed by atoms with van der Waals surface area (Å²) in [7, 11) is 1.41. The second kappa shape index (κ2) is 6.26. The molecule has 2 aromatic carbocycles. The fraction of sp³-hybridized carbons (Fsp3) is 0.188. The summed E-state index contributed by atoms with van der Waals surface area (Å²) in [6.45, 7) is 1.78. The standard InChI is InChI=1S/C16H17FN2O2/c1-10(11-6-7-15(21-2)14(17)9-11)19-16(20)12-4-3-5-13(18)8-12/h3-10H,18H2,1-2H3,(H,19,20). The molecule has 0 bridgehead atoms. The fourth-order valence-corrected chi connectivity index (χ4v) is 2.00. The second-order valence-corrected chi connectivity index (χ2v) is 4.71. The third kappa shape index (κ3) is 3.51. The second-order valence-electron chi connectivity index (χ2n) is 4.71. The predicted molar refractivity (Wildman–Crippen MR) is 79.7 cm³/mol. The van der Waals surface area contributed by atoms with Gasteiger partial charge < -0.3 is 15.8 Å². The molecule has 0 aliphatic heterocycles. The average molecular weight is 288 g/mol. The maximum Gasteiger partial charge on any atom is 0.251 e. The summed E-state index contributed by atoms with van der Waals surface area (Å²) in [5.74, 6) is -0.542. The van der Waals surface area contributed by atoms with Gasteiger partial charge in [0, 0.05) is 11.3 Å². The van der Waals surface area contributed by atoms with Crippen LogP contribution in [-0.2, 0) is 0 Å². The van der Waals surface area contributed by atoms with Crippen LogP contribution in [0.2, 0.25) is 0 Å². The van der Waals surface area contributed by atoms with Gasteiger partial charge in [0.25, 0.3) is 5.91 Å². The number of carbonyl (C=O) groups excluding carboxylic acids is 1. The first kappa shape index (κ1) is 14.8. The lowest BCUT2D eigenvalue weighted by Gasteiger charge is -2.15. The highest BCUT2D eigenvalue weighted by molar-refractivity contribution is 5.95. The number of anilines is 1. The molecular formula is C16H17FN2O2. The van der Waals surface area contributed by atoms with E-state index >= 15 is 0 Å². The zero-order valence-corrected chi connectivity index (χ0v) is 11.9. The lowest BCUT2D eigenvalue weighted by molar-refractivity contribution is 0.0940. The first-order valence-electron chi connectivity index (χ1n) is 6.51. The lowest BCUT2D eigenvalue weighted by atomic mass is 10.1. The Hall–Kier alpha value is -2.56. The number of amides is 1. The predicted octanol–water partition coefficient (Wildman–Crippen LogP) is 2.91. The quantitative estimate of drug-likeness (QED) is 0.850. The van der Waals surface area contributed by atoms with E-state index < -0.39 is 5.82 Å². The zero-order chi connectivity index (χ0) is 15.4. The lowest BCUT2D eigenvalue weighted by Crippen LogP contribution is -2.26. The Labute approximate surface area is 122 Å². The molecule has 4 nitrogen and oxygen atoms in total. The van der Waals surface area contributed by atoms with Gasteiger partial charge in [0.15, 0.2) is 11.6 Å². The Bertz CT molecular complexity index is 658. The van der Waals surface area contributed by atoms with E-state index in [2.05, 4.69) is 5.32 Å². The summed E-state index contributed by atoms with van der Waals surface area (Å²) in [5.41, 5.74) is 7.29. The van der Waals surface area contributed by atoms with E-state index in [1.165, 1.54) is 19.2 Å². The Morgan fingerprint density at radius 3 is 2.67 bits per heavy atom. The van der Waals surface area contributed by atoms with Crippen LogP contribution in [0.15, 0.2) is 42.5 Å². The zero-order valence-electron chi connectivity index (χ0n) is 11.9. The van der Waals surface area contributed by atoms with Gasteiger partial charge >= 0.3 is 0 Å². The number of halogens is 1. The Kier molecular flexibility index (Phi) is 4.42. The Morgan fingerprint density at radius 2 is 2.05 bits per heavy atom. The molecule has 1 amide bonds. The molecule has 21 heavy (non-hydrogen) atoms. The van der Waals surface area contributed by atoms with Crippen molar-refractivity contribution in [3.8, 4) is 5.75 Å². The van der Waals surface area contributed by atoms with Gasteiger partial charge in [-0.25, -0.2) is 4.39 Å². The van der Waals surface area contributed by atoms with Crippen LogP contribution in [0.25, 0.3) is 0 Å². The van der Waals surface area contributed by atoms with E-state index in [4.69, 9.17) is 10.5 Å². The van der Waals surface area contributed by atoms with Crippen molar-refractivity contribution >= 4 is 11.6 Å². The molecule has 0 saturated heterocycles. The average Bonchev–Trinajstić information content (AvgIpc) is 2.47. The van der Waals surface area contributed by atoms with Gasteiger partial charge in [-0.05, 0) is 42.8 Å². The van der Waals surface area contributed by atoms with Gasteiger partial charge in [0.1, 0.15) is 0 Å². The van der Waals surface area contributed by atoms with E-state index in [9.17, 15) is 9.18 Å². The van der Waals surface area contributed by atoms with Crippen LogP contribution in [0, 0.1) is 5.82 Å². The Morgan fingerprint density at radius 1 is 1.29 bits per heavy atom. The number of nitrogens with two attached hydrogens (primary N) is 1. The molecule has 0 fully saturated rings. The monoisotopic (exact) mass is 288 g/mol. The molecule has 0 aliphatic rings. The van der Waals surface area contributed by atoms with Crippen molar-refractivity contribution in [2.45, 2.75) is 13.0 Å². The van der Waals surface area contributed by atoms with Gasteiger partial charge in [-0.2, -0.15) is 0 Å². The normalized spacial score (nSPS) is 11.8. The molecule has 110 valence electrons. The molecule has 0 heterocycles. The number of carbonyl (C=O) groups is 1. The minimum Gasteiger partial charge on any atom is -0.494 e. The van der Waals surface area contributed by atoms with Crippen molar-refractivity contribution in [2.75, 3.05) is 12.8 Å². The van der Waals surface area contributed by atoms with Crippen molar-refractivity contribution < 1.29 is 13.9 Å². The smallest absolute Gasteiger partial charge is 0.251 e. The summed E-state index contributed by atoms with van der Waals surface area (Å²) in [5, 5.41) is 2.80. The molecule has 1 atom stereocenters. The van der Waals surface area contributed by atoms with E-state index in [0.29, 0.717) is 16.8 Å². The first-order chi connectivity index (χ1) is 10.0. The number of nitrogen functional groups attached to an aromatic ring is 1. The number of benzene rings is 2. The molecule has 0 aliphatic carbocycles. The molecule has 0 aromatic heterocycles. The van der Waals surface area contributed by atoms with Crippen LogP contribution >= 0.6 is 0 Å². The molecule has 5 heteroatoms. The minimum absolute atomic E-state index is 0.174. The first-order valence-corrected chi connectivity index (χ1v) is 6.51. The summed E-state index contributed by atoms with van der Waals surface area (Å²) >= 11 is 0. The number of hydrogen-bond donors (Lipinski definition) is 2. The van der Waals surface area contributed by atoms with Crippen LogP contribution in [0.3, 0.4) is 0 Å². The summed E-state index contributed by atoms with van der Waals surface area (Å²) in [4.78, 5) is 12.1. The van der Waals surface area contributed by atoms with Gasteiger partial charge in [0.2, 0.25) is 0 Å². The molecule has 0 radical (unpaired) electrons. The topological polar surface area (TPSA) is 64.3 Å². The highest BCUT2D eigenvalue weighted by Gasteiger charge is 2.13. The molecule has 1 unspecified atom stereocenters. The summed E-state index contributed by atoms with van der Waals surface area (Å²) in [6.07, 6.45) is 0. The van der Waals surface area contributed by atoms with Gasteiger partial charge in [-0.1, -0.05) is 12.1 Å². The number of hydrogen-bond acceptors (Lipinski definition) is 3. The number of rotatable bonds is 4. The maximum atomic E-state index is 13.7. The van der Waals surface area contributed by atoms with Crippen LogP contribution < -0.4 is 15.8 Å². The third-order valence-electron chi connectivity index (χ3n) is 3.17. The Balaban J connectivity index is 2.12. The molecule has 3 N–H and O–H groups in total. The molecule has 0 spiro atoms. The molecule has 2 rings (SSSR count). The fourth-order valence-electron chi connectivity index (χ4n) is 2.00. The number of ether oxygens (including phenoxy) is 1. The van der Waals surface area contributed by atoms with Gasteiger partial charge in [-0.15, -0.1) is 0 Å². The SMILES string of the molecule is COc1ccc(C(C)NC(=O)c2cccc(N)c2)cc1F. The van der Waals surface area contributed by atoms with E-state index in [1.54, 1.807) is 37.3 Å². The van der Waals surface area contributed by atoms with Crippen LogP contribution in [0.4, 0.5) is 10.1 Å². The third-order valence-corrected chi connectivity index (χ3v) is 3.17. The van der Waals surface area contributed by atoms with Crippen LogP contribution in [0.5, 0.6) is 5.75 Å². The highest BCUT2D eigenvalue weighted by Crippen LogP contribution is 2.22. The minimum atomic E-state index is -0.458. The van der Waals surface area contributed by atoms with E-state index in [0.717, 1.165) is 0 Å². The van der Waals surface area contributed by atoms with Crippen molar-refractivity contribution in [1.29, 1.82) is 0 Å². The van der Waals surface area contributed by atoms with Crippen molar-refractivity contribution in [2.24, 2.45) is 0 Å². The summed E-state index contributed by atoms with van der Waals surface area (Å²) < 4.78 is 18.5. The van der Waals surface area contributed by atoms with E-state index in [-0.39, 0.29) is 17.7 Å². The van der Waals surface area contributed by atoms with E-state index in [1.807, 2.05) is 0 Å². The molecule has 2 aromatic rings. The number of methoxy groups -OCH3 is 1. The molecular weight excluding hydrogens is 271 g/mol. The number of nitrogens with one attached hydrogen (secondary N) is 1. The van der Waals surface area contributed by atoms with Crippen molar-refractivity contribution in [3.05, 3.63) is 59.4 Å². The van der Waals surface area contributed by atoms with Crippen molar-refractivity contribution in [1.82, 2.24) is 5.32 Å². The van der Waals surface area contributed by atoms with Gasteiger partial charge in [0.05, 0.1) is 13.2 Å². The van der Waals surface area contributed by atoms with Crippen LogP contribution in [-0.4, -0.2) is 13.0 Å². The highest BCUT2D eigenvalue weighted by atomic mass is 19.1. The maximum absolute atomic E-state index is 13.7. The van der Waals surface area contributed by atoms with Gasteiger partial charge in [-0.3, -0.25) is 4.79 Å². The largest absolute Gasteiger partial charge is 0.494 e. The molecule has 0 saturated carbocycles. The summed E-state index contributed by atoms with van der Waals surface area (Å²) in [6, 6.07) is 11.0. The van der Waals surface area contributed by atoms with Crippen molar-refractivity contribution in [3.63, 3.8) is 0 Å².